The van der Waals surface area contributed by atoms with E-state index in [0.29, 0.717) is 22.3 Å². The van der Waals surface area contributed by atoms with E-state index in [2.05, 4.69) is 4.99 Å². The summed E-state index contributed by atoms with van der Waals surface area (Å²) in [6.07, 6.45) is 1.62. The third-order valence-electron chi connectivity index (χ3n) is 4.14. The SMILES string of the molecule is COc1ccc(C(=O)N=C(N)c2ccc(Cl)s2)cc1S(=O)(=O)N1CCCC1. The van der Waals surface area contributed by atoms with Crippen molar-refractivity contribution < 1.29 is 17.9 Å². The van der Waals surface area contributed by atoms with E-state index in [1.54, 1.807) is 12.1 Å². The van der Waals surface area contributed by atoms with E-state index in [1.165, 1.54) is 41.0 Å². The Morgan fingerprint density at radius 2 is 1.96 bits per heavy atom. The topological polar surface area (TPSA) is 102 Å². The van der Waals surface area contributed by atoms with Gasteiger partial charge in [0, 0.05) is 18.7 Å². The minimum Gasteiger partial charge on any atom is -0.495 e. The van der Waals surface area contributed by atoms with E-state index >= 15 is 0 Å². The first-order valence-electron chi connectivity index (χ1n) is 8.15. The molecule has 3 rings (SSSR count). The number of hydrogen-bond donors (Lipinski definition) is 1. The lowest BCUT2D eigenvalue weighted by Crippen LogP contribution is -2.28. The number of halogens is 1. The molecule has 0 atom stereocenters. The molecule has 1 aliphatic rings. The number of sulfonamides is 1. The van der Waals surface area contributed by atoms with Crippen molar-refractivity contribution >= 4 is 44.7 Å². The van der Waals surface area contributed by atoms with Crippen molar-refractivity contribution in [2.24, 2.45) is 10.7 Å². The first kappa shape index (κ1) is 19.8. The second-order valence-corrected chi connectivity index (χ2v) is 9.50. The van der Waals surface area contributed by atoms with Crippen LogP contribution in [0.4, 0.5) is 0 Å². The summed E-state index contributed by atoms with van der Waals surface area (Å²) in [4.78, 5) is 16.9. The van der Waals surface area contributed by atoms with Crippen molar-refractivity contribution in [3.05, 3.63) is 45.1 Å². The van der Waals surface area contributed by atoms with Gasteiger partial charge in [0.25, 0.3) is 5.91 Å². The number of carbonyl (C=O) groups excluding carboxylic acids is 1. The smallest absolute Gasteiger partial charge is 0.279 e. The number of amides is 1. The Hall–Kier alpha value is -1.94. The van der Waals surface area contributed by atoms with Crippen molar-refractivity contribution in [1.29, 1.82) is 0 Å². The first-order chi connectivity index (χ1) is 12.8. The van der Waals surface area contributed by atoms with Gasteiger partial charge in [-0.2, -0.15) is 9.30 Å². The molecule has 1 aromatic carbocycles. The van der Waals surface area contributed by atoms with Crippen molar-refractivity contribution in [1.82, 2.24) is 4.31 Å². The molecule has 2 aromatic rings. The zero-order valence-corrected chi connectivity index (χ0v) is 16.9. The van der Waals surface area contributed by atoms with Gasteiger partial charge in [-0.1, -0.05) is 11.6 Å². The second-order valence-electron chi connectivity index (χ2n) is 5.88. The lowest BCUT2D eigenvalue weighted by atomic mass is 10.2. The summed E-state index contributed by atoms with van der Waals surface area (Å²) in [5.41, 5.74) is 5.97. The van der Waals surface area contributed by atoms with Crippen LogP contribution < -0.4 is 10.5 Å². The first-order valence-corrected chi connectivity index (χ1v) is 10.8. The Labute approximate surface area is 166 Å². The van der Waals surface area contributed by atoms with E-state index in [9.17, 15) is 13.2 Å². The van der Waals surface area contributed by atoms with Crippen LogP contribution in [0.15, 0.2) is 40.2 Å². The minimum atomic E-state index is -3.75. The number of aliphatic imine (C=N–C) groups is 1. The van der Waals surface area contributed by atoms with E-state index in [4.69, 9.17) is 22.1 Å². The van der Waals surface area contributed by atoms with Crippen LogP contribution in [0.2, 0.25) is 4.34 Å². The Morgan fingerprint density at radius 1 is 1.26 bits per heavy atom. The predicted octanol–water partition coefficient (Wildman–Crippen LogP) is 2.74. The Kier molecular flexibility index (Phi) is 5.85. The number of nitrogens with zero attached hydrogens (tertiary/aromatic N) is 2. The van der Waals surface area contributed by atoms with Crippen molar-refractivity contribution in [3.8, 4) is 5.75 Å². The number of benzene rings is 1. The van der Waals surface area contributed by atoms with Crippen LogP contribution >= 0.6 is 22.9 Å². The van der Waals surface area contributed by atoms with Gasteiger partial charge < -0.3 is 10.5 Å². The number of carbonyl (C=O) groups is 1. The van der Waals surface area contributed by atoms with Crippen LogP contribution in [0.1, 0.15) is 28.1 Å². The van der Waals surface area contributed by atoms with Gasteiger partial charge in [0.15, 0.2) is 0 Å². The van der Waals surface area contributed by atoms with E-state index in [-0.39, 0.29) is 22.0 Å². The second kappa shape index (κ2) is 7.97. The number of amidine groups is 1. The molecule has 0 bridgehead atoms. The van der Waals surface area contributed by atoms with E-state index in [0.717, 1.165) is 12.8 Å². The summed E-state index contributed by atoms with van der Waals surface area (Å²) in [5.74, 6) is -0.436. The highest BCUT2D eigenvalue weighted by molar-refractivity contribution is 7.89. The monoisotopic (exact) mass is 427 g/mol. The third-order valence-corrected chi connectivity index (χ3v) is 7.31. The third kappa shape index (κ3) is 4.16. The molecule has 0 aliphatic carbocycles. The summed E-state index contributed by atoms with van der Waals surface area (Å²) >= 11 is 7.06. The Balaban J connectivity index is 1.96. The van der Waals surface area contributed by atoms with E-state index in [1.807, 2.05) is 0 Å². The van der Waals surface area contributed by atoms with Gasteiger partial charge >= 0.3 is 0 Å². The summed E-state index contributed by atoms with van der Waals surface area (Å²) in [6, 6.07) is 7.51. The molecule has 1 amide bonds. The average Bonchev–Trinajstić information content (AvgIpc) is 3.33. The molecule has 0 saturated carbocycles. The Morgan fingerprint density at radius 3 is 2.56 bits per heavy atom. The number of thiophene rings is 1. The molecule has 144 valence electrons. The highest BCUT2D eigenvalue weighted by atomic mass is 35.5. The van der Waals surface area contributed by atoms with Crippen molar-refractivity contribution in [2.45, 2.75) is 17.7 Å². The normalized spacial score (nSPS) is 15.9. The molecule has 2 heterocycles. The van der Waals surface area contributed by atoms with Gasteiger partial charge in [-0.3, -0.25) is 4.79 Å². The van der Waals surface area contributed by atoms with Gasteiger partial charge in [-0.15, -0.1) is 11.3 Å². The van der Waals surface area contributed by atoms with Crippen LogP contribution in [0, 0.1) is 0 Å². The van der Waals surface area contributed by atoms with Gasteiger partial charge in [-0.25, -0.2) is 8.42 Å². The molecule has 0 spiro atoms. The zero-order valence-electron chi connectivity index (χ0n) is 14.5. The highest BCUT2D eigenvalue weighted by Crippen LogP contribution is 2.30. The maximum atomic E-state index is 12.9. The summed E-state index contributed by atoms with van der Waals surface area (Å²) in [6.45, 7) is 0.905. The van der Waals surface area contributed by atoms with Crippen LogP contribution in [-0.4, -0.2) is 44.7 Å². The molecule has 1 saturated heterocycles. The number of nitrogens with two attached hydrogens (primary N) is 1. The Bertz CT molecular complexity index is 995. The fraction of sp³-hybridized carbons (Fsp3) is 0.294. The van der Waals surface area contributed by atoms with Crippen LogP contribution in [0.25, 0.3) is 0 Å². The molecule has 10 heteroatoms. The molecule has 2 N–H and O–H groups in total. The fourth-order valence-electron chi connectivity index (χ4n) is 2.76. The maximum Gasteiger partial charge on any atom is 0.279 e. The molecular weight excluding hydrogens is 410 g/mol. The van der Waals surface area contributed by atoms with Crippen molar-refractivity contribution in [3.63, 3.8) is 0 Å². The predicted molar refractivity (Wildman–Crippen MR) is 105 cm³/mol. The maximum absolute atomic E-state index is 12.9. The molecule has 0 radical (unpaired) electrons. The molecule has 1 aromatic heterocycles. The number of hydrogen-bond acceptors (Lipinski definition) is 5. The van der Waals surface area contributed by atoms with Gasteiger partial charge in [-0.05, 0) is 43.2 Å². The number of ether oxygens (including phenoxy) is 1. The molecule has 1 aliphatic heterocycles. The molecule has 1 fully saturated rings. The molecule has 0 unspecified atom stereocenters. The number of rotatable bonds is 5. The fourth-order valence-corrected chi connectivity index (χ4v) is 5.40. The standard InChI is InChI=1S/C17H18ClN3O4S2/c1-25-12-5-4-11(10-14(12)27(23,24)21-8-2-3-9-21)17(22)20-16(19)13-6-7-15(18)26-13/h4-7,10H,2-3,8-9H2,1H3,(H2,19,20,22). The summed E-state index contributed by atoms with van der Waals surface area (Å²) < 4.78 is 32.9. The molecule has 7 nitrogen and oxygen atoms in total. The van der Waals surface area contributed by atoms with Gasteiger partial charge in [0.2, 0.25) is 10.0 Å². The van der Waals surface area contributed by atoms with E-state index < -0.39 is 15.9 Å². The minimum absolute atomic E-state index is 0.0247. The van der Waals surface area contributed by atoms with Crippen molar-refractivity contribution in [2.75, 3.05) is 20.2 Å². The number of methoxy groups -OCH3 is 1. The summed E-state index contributed by atoms with van der Waals surface area (Å²) in [5, 5.41) is 0. The highest BCUT2D eigenvalue weighted by Gasteiger charge is 2.30. The summed E-state index contributed by atoms with van der Waals surface area (Å²) in [7, 11) is -2.37. The lowest BCUT2D eigenvalue weighted by molar-refractivity contribution is 0.100. The molecule has 27 heavy (non-hydrogen) atoms. The molecular formula is C17H18ClN3O4S2. The largest absolute Gasteiger partial charge is 0.495 e. The van der Waals surface area contributed by atoms with Crippen LogP contribution in [-0.2, 0) is 10.0 Å². The lowest BCUT2D eigenvalue weighted by Gasteiger charge is -2.18. The zero-order chi connectivity index (χ0) is 19.6. The van der Waals surface area contributed by atoms with Gasteiger partial charge in [0.1, 0.15) is 16.5 Å². The van der Waals surface area contributed by atoms with Crippen LogP contribution in [0.5, 0.6) is 5.75 Å². The van der Waals surface area contributed by atoms with Crippen LogP contribution in [0.3, 0.4) is 0 Å². The average molecular weight is 428 g/mol. The quantitative estimate of drug-likeness (QED) is 0.583. The van der Waals surface area contributed by atoms with Gasteiger partial charge in [0.05, 0.1) is 16.3 Å².